The Hall–Kier alpha value is -2.63. The average Bonchev–Trinajstić information content (AvgIpc) is 2.48. The van der Waals surface area contributed by atoms with E-state index in [2.05, 4.69) is 15.6 Å². The fourth-order valence-corrected chi connectivity index (χ4v) is 1.77. The van der Waals surface area contributed by atoms with E-state index in [-0.39, 0.29) is 5.75 Å². The molecule has 2 rings (SSSR count). The maximum absolute atomic E-state index is 13.5. The summed E-state index contributed by atoms with van der Waals surface area (Å²) in [6, 6.07) is 9.45. The quantitative estimate of drug-likeness (QED) is 0.889. The molecule has 1 heterocycles. The molecule has 2 aromatic rings. The van der Waals surface area contributed by atoms with E-state index in [9.17, 15) is 9.18 Å². The number of urea groups is 1. The first-order valence-corrected chi connectivity index (χ1v) is 6.47. The van der Waals surface area contributed by atoms with Crippen LogP contribution in [0.1, 0.15) is 5.69 Å². The number of benzene rings is 1. The largest absolute Gasteiger partial charge is 0.494 e. The Kier molecular flexibility index (Phi) is 5.09. The summed E-state index contributed by atoms with van der Waals surface area (Å²) < 4.78 is 18.3. The van der Waals surface area contributed by atoms with Crippen LogP contribution in [-0.4, -0.2) is 24.7 Å². The molecule has 110 valence electrons. The smallest absolute Gasteiger partial charge is 0.319 e. The van der Waals surface area contributed by atoms with Crippen LogP contribution in [0.5, 0.6) is 5.75 Å². The Morgan fingerprint density at radius 1 is 1.33 bits per heavy atom. The molecule has 0 saturated heterocycles. The number of carbonyl (C=O) groups excluding carboxylic acids is 1. The second-order valence-corrected chi connectivity index (χ2v) is 4.30. The highest BCUT2D eigenvalue weighted by atomic mass is 19.1. The van der Waals surface area contributed by atoms with Crippen LogP contribution in [-0.2, 0) is 6.42 Å². The van der Waals surface area contributed by atoms with Gasteiger partial charge >= 0.3 is 6.03 Å². The summed E-state index contributed by atoms with van der Waals surface area (Å²) in [6.45, 7) is 0.446. The lowest BCUT2D eigenvalue weighted by molar-refractivity contribution is 0.252. The molecule has 5 nitrogen and oxygen atoms in total. The predicted molar refractivity (Wildman–Crippen MR) is 77.9 cm³/mol. The first kappa shape index (κ1) is 14.8. The van der Waals surface area contributed by atoms with Crippen molar-refractivity contribution < 1.29 is 13.9 Å². The molecular formula is C15H16FN3O2. The minimum Gasteiger partial charge on any atom is -0.494 e. The molecule has 0 bridgehead atoms. The van der Waals surface area contributed by atoms with Crippen molar-refractivity contribution in [3.05, 3.63) is 54.1 Å². The number of nitrogens with zero attached hydrogens (tertiary/aromatic N) is 1. The molecule has 0 aliphatic carbocycles. The fourth-order valence-electron chi connectivity index (χ4n) is 1.77. The highest BCUT2D eigenvalue weighted by molar-refractivity contribution is 5.89. The molecule has 0 radical (unpaired) electrons. The van der Waals surface area contributed by atoms with E-state index in [0.29, 0.717) is 18.7 Å². The van der Waals surface area contributed by atoms with Crippen molar-refractivity contribution in [1.29, 1.82) is 0 Å². The van der Waals surface area contributed by atoms with Crippen LogP contribution in [0.15, 0.2) is 42.6 Å². The van der Waals surface area contributed by atoms with Crippen LogP contribution >= 0.6 is 0 Å². The molecule has 21 heavy (non-hydrogen) atoms. The number of nitrogens with one attached hydrogen (secondary N) is 2. The number of aromatic nitrogens is 1. The number of pyridine rings is 1. The monoisotopic (exact) mass is 289 g/mol. The lowest BCUT2D eigenvalue weighted by Crippen LogP contribution is -2.30. The van der Waals surface area contributed by atoms with Crippen molar-refractivity contribution in [3.8, 4) is 5.75 Å². The fraction of sp³-hybridized carbons (Fsp3) is 0.200. The Morgan fingerprint density at radius 2 is 2.19 bits per heavy atom. The average molecular weight is 289 g/mol. The minimum absolute atomic E-state index is 0.135. The number of carbonyl (C=O) groups is 1. The first-order chi connectivity index (χ1) is 10.2. The summed E-state index contributed by atoms with van der Waals surface area (Å²) in [5.41, 5.74) is 1.26. The minimum atomic E-state index is -0.524. The van der Waals surface area contributed by atoms with E-state index >= 15 is 0 Å². The van der Waals surface area contributed by atoms with E-state index in [1.807, 2.05) is 18.2 Å². The predicted octanol–water partition coefficient (Wildman–Crippen LogP) is 2.59. The maximum Gasteiger partial charge on any atom is 0.319 e. The summed E-state index contributed by atoms with van der Waals surface area (Å²) >= 11 is 0. The van der Waals surface area contributed by atoms with E-state index in [0.717, 1.165) is 5.69 Å². The molecule has 0 fully saturated rings. The van der Waals surface area contributed by atoms with Crippen molar-refractivity contribution in [2.24, 2.45) is 0 Å². The summed E-state index contributed by atoms with van der Waals surface area (Å²) in [4.78, 5) is 15.8. The van der Waals surface area contributed by atoms with Gasteiger partial charge < -0.3 is 15.4 Å². The zero-order chi connectivity index (χ0) is 15.1. The van der Waals surface area contributed by atoms with Gasteiger partial charge in [-0.05, 0) is 24.3 Å². The SMILES string of the molecule is COc1ccc(NC(=O)NCCc2ccccn2)cc1F. The molecule has 6 heteroatoms. The number of ether oxygens (including phenoxy) is 1. The van der Waals surface area contributed by atoms with Gasteiger partial charge in [-0.1, -0.05) is 6.07 Å². The Balaban J connectivity index is 1.80. The van der Waals surface area contributed by atoms with Gasteiger partial charge in [0.1, 0.15) is 0 Å². The van der Waals surface area contributed by atoms with Crippen LogP contribution in [0.3, 0.4) is 0 Å². The molecular weight excluding hydrogens is 273 g/mol. The third-order valence-electron chi connectivity index (χ3n) is 2.80. The van der Waals surface area contributed by atoms with Gasteiger partial charge in [-0.3, -0.25) is 4.98 Å². The van der Waals surface area contributed by atoms with Gasteiger partial charge in [0.25, 0.3) is 0 Å². The lowest BCUT2D eigenvalue weighted by atomic mass is 10.3. The molecule has 2 amide bonds. The van der Waals surface area contributed by atoms with Crippen molar-refractivity contribution in [2.75, 3.05) is 19.0 Å². The van der Waals surface area contributed by atoms with Crippen molar-refractivity contribution >= 4 is 11.7 Å². The molecule has 1 aromatic carbocycles. The van der Waals surface area contributed by atoms with Crippen molar-refractivity contribution in [2.45, 2.75) is 6.42 Å². The normalized spacial score (nSPS) is 10.0. The van der Waals surface area contributed by atoms with Crippen molar-refractivity contribution in [1.82, 2.24) is 10.3 Å². The molecule has 0 aliphatic heterocycles. The Labute approximate surface area is 122 Å². The van der Waals surface area contributed by atoms with Gasteiger partial charge in [0.2, 0.25) is 0 Å². The Bertz CT molecular complexity index is 605. The highest BCUT2D eigenvalue weighted by Crippen LogP contribution is 2.20. The van der Waals surface area contributed by atoms with E-state index in [4.69, 9.17) is 4.74 Å². The molecule has 0 atom stereocenters. The third-order valence-corrected chi connectivity index (χ3v) is 2.80. The zero-order valence-electron chi connectivity index (χ0n) is 11.6. The maximum atomic E-state index is 13.5. The van der Waals surface area contributed by atoms with Gasteiger partial charge in [-0.2, -0.15) is 0 Å². The molecule has 0 saturated carbocycles. The van der Waals surface area contributed by atoms with Gasteiger partial charge in [-0.25, -0.2) is 9.18 Å². The first-order valence-electron chi connectivity index (χ1n) is 6.47. The van der Waals surface area contributed by atoms with E-state index in [1.54, 1.807) is 12.3 Å². The van der Waals surface area contributed by atoms with Crippen LogP contribution in [0.25, 0.3) is 0 Å². The second kappa shape index (κ2) is 7.23. The van der Waals surface area contributed by atoms with Crippen LogP contribution < -0.4 is 15.4 Å². The third kappa shape index (κ3) is 4.45. The second-order valence-electron chi connectivity index (χ2n) is 4.30. The summed E-state index contributed by atoms with van der Waals surface area (Å²) in [5, 5.41) is 5.24. The number of methoxy groups -OCH3 is 1. The molecule has 0 spiro atoms. The molecule has 0 aliphatic rings. The summed E-state index contributed by atoms with van der Waals surface area (Å²) in [5.74, 6) is -0.389. The lowest BCUT2D eigenvalue weighted by Gasteiger charge is -2.08. The Morgan fingerprint density at radius 3 is 2.86 bits per heavy atom. The summed E-state index contributed by atoms with van der Waals surface area (Å²) in [7, 11) is 1.38. The molecule has 2 N–H and O–H groups in total. The molecule has 1 aromatic heterocycles. The van der Waals surface area contributed by atoms with Crippen LogP contribution in [0.2, 0.25) is 0 Å². The van der Waals surface area contributed by atoms with E-state index < -0.39 is 11.8 Å². The number of anilines is 1. The number of hydrogen-bond acceptors (Lipinski definition) is 3. The van der Waals surface area contributed by atoms with Crippen LogP contribution in [0.4, 0.5) is 14.9 Å². The van der Waals surface area contributed by atoms with Gasteiger partial charge in [0, 0.05) is 36.6 Å². The van der Waals surface area contributed by atoms with Crippen molar-refractivity contribution in [3.63, 3.8) is 0 Å². The highest BCUT2D eigenvalue weighted by Gasteiger charge is 2.06. The zero-order valence-corrected chi connectivity index (χ0v) is 11.6. The topological polar surface area (TPSA) is 63.2 Å². The standard InChI is InChI=1S/C15H16FN3O2/c1-21-14-6-5-12(10-13(14)16)19-15(20)18-9-7-11-4-2-3-8-17-11/h2-6,8,10H,7,9H2,1H3,(H2,18,19,20). The van der Waals surface area contributed by atoms with Crippen LogP contribution in [0, 0.1) is 5.82 Å². The number of rotatable bonds is 5. The number of halogens is 1. The molecule has 0 unspecified atom stereocenters. The number of hydrogen-bond donors (Lipinski definition) is 2. The number of amides is 2. The van der Waals surface area contributed by atoms with Gasteiger partial charge in [0.15, 0.2) is 11.6 Å². The van der Waals surface area contributed by atoms with Gasteiger partial charge in [-0.15, -0.1) is 0 Å². The summed E-state index contributed by atoms with van der Waals surface area (Å²) in [6.07, 6.45) is 2.33. The van der Waals surface area contributed by atoms with E-state index in [1.165, 1.54) is 19.2 Å². The van der Waals surface area contributed by atoms with Gasteiger partial charge in [0.05, 0.1) is 7.11 Å².